The minimum absolute atomic E-state index is 0.239. The summed E-state index contributed by atoms with van der Waals surface area (Å²) in [6.45, 7) is 4.38. The van der Waals surface area contributed by atoms with E-state index in [1.165, 1.54) is 16.7 Å². The molecule has 3 rings (SSSR count). The molecule has 0 saturated carbocycles. The van der Waals surface area contributed by atoms with Gasteiger partial charge in [-0.3, -0.25) is 4.79 Å². The van der Waals surface area contributed by atoms with Crippen molar-refractivity contribution in [2.45, 2.75) is 45.4 Å². The molecule has 0 atom stereocenters. The number of likely N-dealkylation sites (N-methyl/N-ethyl adjacent to an activating group) is 1. The highest BCUT2D eigenvalue weighted by atomic mass is 16.5. The summed E-state index contributed by atoms with van der Waals surface area (Å²) in [7, 11) is 1.90. The van der Waals surface area contributed by atoms with Gasteiger partial charge in [0.1, 0.15) is 11.5 Å². The van der Waals surface area contributed by atoms with Crippen LogP contribution < -0.4 is 9.47 Å². The maximum absolute atomic E-state index is 12.1. The molecule has 4 nitrogen and oxygen atoms in total. The van der Waals surface area contributed by atoms with E-state index in [1.54, 1.807) is 0 Å². The van der Waals surface area contributed by atoms with Gasteiger partial charge in [0.2, 0.25) is 5.91 Å². The van der Waals surface area contributed by atoms with E-state index in [4.69, 9.17) is 9.47 Å². The monoisotopic (exact) mass is 303 g/mol. The molecule has 0 aliphatic carbocycles. The number of benzene rings is 1. The van der Waals surface area contributed by atoms with Gasteiger partial charge in [0, 0.05) is 49.5 Å². The SMILES string of the molecule is CCCCC(=O)N(C)CCc1c2c(cc3c1OCC3)OCC2. The fourth-order valence-electron chi connectivity index (χ4n) is 3.27. The Balaban J connectivity index is 1.72. The Kier molecular flexibility index (Phi) is 4.55. The Hall–Kier alpha value is -1.71. The number of ether oxygens (including phenoxy) is 2. The van der Waals surface area contributed by atoms with E-state index in [0.717, 1.165) is 63.4 Å². The van der Waals surface area contributed by atoms with Crippen LogP contribution in [0.4, 0.5) is 0 Å². The maximum Gasteiger partial charge on any atom is 0.222 e. The highest BCUT2D eigenvalue weighted by molar-refractivity contribution is 5.75. The average molecular weight is 303 g/mol. The first-order valence-electron chi connectivity index (χ1n) is 8.38. The van der Waals surface area contributed by atoms with Crippen LogP contribution in [0.1, 0.15) is 42.9 Å². The fourth-order valence-corrected chi connectivity index (χ4v) is 3.27. The van der Waals surface area contributed by atoms with Gasteiger partial charge in [-0.25, -0.2) is 0 Å². The van der Waals surface area contributed by atoms with Crippen molar-refractivity contribution in [2.24, 2.45) is 0 Å². The zero-order valence-corrected chi connectivity index (χ0v) is 13.6. The molecule has 2 aliphatic rings. The molecule has 0 radical (unpaired) electrons. The van der Waals surface area contributed by atoms with Crippen LogP contribution in [0.2, 0.25) is 0 Å². The van der Waals surface area contributed by atoms with E-state index >= 15 is 0 Å². The molecule has 0 bridgehead atoms. The summed E-state index contributed by atoms with van der Waals surface area (Å²) in [5, 5.41) is 0. The highest BCUT2D eigenvalue weighted by Crippen LogP contribution is 2.40. The summed E-state index contributed by atoms with van der Waals surface area (Å²) in [5.74, 6) is 2.32. The number of hydrogen-bond donors (Lipinski definition) is 0. The van der Waals surface area contributed by atoms with Crippen molar-refractivity contribution in [3.05, 3.63) is 22.8 Å². The van der Waals surface area contributed by atoms with Crippen LogP contribution in [0.5, 0.6) is 11.5 Å². The molecule has 2 aliphatic heterocycles. The van der Waals surface area contributed by atoms with Crippen LogP contribution in [0, 0.1) is 0 Å². The fraction of sp³-hybridized carbons (Fsp3) is 0.611. The molecule has 22 heavy (non-hydrogen) atoms. The van der Waals surface area contributed by atoms with Crippen LogP contribution in [0.3, 0.4) is 0 Å². The summed E-state index contributed by atoms with van der Waals surface area (Å²) in [5.41, 5.74) is 3.81. The van der Waals surface area contributed by atoms with Crippen LogP contribution in [-0.4, -0.2) is 37.6 Å². The first-order chi connectivity index (χ1) is 10.7. The lowest BCUT2D eigenvalue weighted by Crippen LogP contribution is -2.28. The lowest BCUT2D eigenvalue weighted by molar-refractivity contribution is -0.129. The normalized spacial score (nSPS) is 15.0. The van der Waals surface area contributed by atoms with Gasteiger partial charge >= 0.3 is 0 Å². The molecule has 2 heterocycles. The molecular formula is C18H25NO3. The second kappa shape index (κ2) is 6.59. The van der Waals surface area contributed by atoms with Crippen molar-refractivity contribution in [3.8, 4) is 11.5 Å². The molecule has 1 aromatic carbocycles. The topological polar surface area (TPSA) is 38.8 Å². The number of carbonyl (C=O) groups is 1. The molecule has 0 unspecified atom stereocenters. The molecule has 1 aromatic rings. The summed E-state index contributed by atoms with van der Waals surface area (Å²) in [4.78, 5) is 13.9. The Morgan fingerprint density at radius 3 is 2.91 bits per heavy atom. The maximum atomic E-state index is 12.1. The van der Waals surface area contributed by atoms with Crippen molar-refractivity contribution in [2.75, 3.05) is 26.8 Å². The first kappa shape index (κ1) is 15.2. The number of nitrogens with zero attached hydrogens (tertiary/aromatic N) is 1. The minimum atomic E-state index is 0.239. The van der Waals surface area contributed by atoms with E-state index in [-0.39, 0.29) is 5.91 Å². The largest absolute Gasteiger partial charge is 0.493 e. The van der Waals surface area contributed by atoms with Crippen molar-refractivity contribution in [1.82, 2.24) is 4.90 Å². The predicted octanol–water partition coefficient (Wildman–Crippen LogP) is 2.75. The number of fused-ring (bicyclic) bond motifs is 2. The molecular weight excluding hydrogens is 278 g/mol. The number of carbonyl (C=O) groups excluding carboxylic acids is 1. The molecule has 0 fully saturated rings. The quantitative estimate of drug-likeness (QED) is 0.811. The zero-order valence-electron chi connectivity index (χ0n) is 13.6. The van der Waals surface area contributed by atoms with Gasteiger partial charge in [0.15, 0.2) is 0 Å². The highest BCUT2D eigenvalue weighted by Gasteiger charge is 2.26. The smallest absolute Gasteiger partial charge is 0.222 e. The van der Waals surface area contributed by atoms with Gasteiger partial charge in [0.05, 0.1) is 13.2 Å². The van der Waals surface area contributed by atoms with E-state index in [1.807, 2.05) is 11.9 Å². The molecule has 0 spiro atoms. The average Bonchev–Trinajstić information content (AvgIpc) is 3.17. The van der Waals surface area contributed by atoms with Crippen LogP contribution in [0.25, 0.3) is 0 Å². The Morgan fingerprint density at radius 2 is 2.09 bits per heavy atom. The van der Waals surface area contributed by atoms with Crippen molar-refractivity contribution in [1.29, 1.82) is 0 Å². The second-order valence-corrected chi connectivity index (χ2v) is 6.19. The van der Waals surface area contributed by atoms with E-state index < -0.39 is 0 Å². The molecule has 1 amide bonds. The lowest BCUT2D eigenvalue weighted by atomic mass is 9.97. The molecule has 0 aromatic heterocycles. The van der Waals surface area contributed by atoms with Crippen molar-refractivity contribution in [3.63, 3.8) is 0 Å². The summed E-state index contributed by atoms with van der Waals surface area (Å²) < 4.78 is 11.6. The van der Waals surface area contributed by atoms with Crippen LogP contribution >= 0.6 is 0 Å². The third kappa shape index (κ3) is 2.92. The van der Waals surface area contributed by atoms with Crippen molar-refractivity contribution >= 4 is 5.91 Å². The van der Waals surface area contributed by atoms with Gasteiger partial charge < -0.3 is 14.4 Å². The Labute approximate surface area is 132 Å². The van der Waals surface area contributed by atoms with Crippen LogP contribution in [-0.2, 0) is 24.1 Å². The van der Waals surface area contributed by atoms with Gasteiger partial charge in [-0.2, -0.15) is 0 Å². The van der Waals surface area contributed by atoms with E-state index in [9.17, 15) is 4.79 Å². The molecule has 4 heteroatoms. The van der Waals surface area contributed by atoms with Crippen LogP contribution in [0.15, 0.2) is 6.07 Å². The third-order valence-electron chi connectivity index (χ3n) is 4.63. The summed E-state index contributed by atoms with van der Waals surface area (Å²) >= 11 is 0. The van der Waals surface area contributed by atoms with Gasteiger partial charge in [-0.15, -0.1) is 0 Å². The minimum Gasteiger partial charge on any atom is -0.493 e. The van der Waals surface area contributed by atoms with E-state index in [2.05, 4.69) is 13.0 Å². The second-order valence-electron chi connectivity index (χ2n) is 6.19. The standard InChI is InChI=1S/C18H25NO3/c1-3-4-5-17(20)19(2)9-6-15-14-8-11-21-16(14)12-13-7-10-22-18(13)15/h12H,3-11H2,1-2H3. The Morgan fingerprint density at radius 1 is 1.27 bits per heavy atom. The Bertz CT molecular complexity index is 536. The van der Waals surface area contributed by atoms with E-state index in [0.29, 0.717) is 6.42 Å². The molecule has 0 N–H and O–H groups in total. The lowest BCUT2D eigenvalue weighted by Gasteiger charge is -2.19. The van der Waals surface area contributed by atoms with Gasteiger partial charge in [-0.1, -0.05) is 13.3 Å². The molecule has 0 saturated heterocycles. The number of unbranched alkanes of at least 4 members (excludes halogenated alkanes) is 1. The summed E-state index contributed by atoms with van der Waals surface area (Å²) in [6.07, 6.45) is 5.45. The first-order valence-corrected chi connectivity index (χ1v) is 8.38. The predicted molar refractivity (Wildman–Crippen MR) is 85.7 cm³/mol. The third-order valence-corrected chi connectivity index (χ3v) is 4.63. The van der Waals surface area contributed by atoms with Gasteiger partial charge in [-0.05, 0) is 18.9 Å². The van der Waals surface area contributed by atoms with Crippen molar-refractivity contribution < 1.29 is 14.3 Å². The number of rotatable bonds is 6. The number of hydrogen-bond acceptors (Lipinski definition) is 3. The summed E-state index contributed by atoms with van der Waals surface area (Å²) in [6, 6.07) is 2.14. The molecule has 120 valence electrons. The zero-order chi connectivity index (χ0) is 15.5. The van der Waals surface area contributed by atoms with Gasteiger partial charge in [0.25, 0.3) is 0 Å². The number of amides is 1.